The average Bonchev–Trinajstić information content (AvgIpc) is 3.34. The molecule has 0 spiro atoms. The number of amides is 2. The molecule has 4 rings (SSSR count). The monoisotopic (exact) mass is 626 g/mol. The number of aromatic nitrogens is 2. The van der Waals surface area contributed by atoms with Gasteiger partial charge in [-0.2, -0.15) is 0 Å². The van der Waals surface area contributed by atoms with Crippen molar-refractivity contribution in [2.75, 3.05) is 26.5 Å². The molecule has 0 bridgehead atoms. The van der Waals surface area contributed by atoms with E-state index in [9.17, 15) is 28.5 Å². The van der Waals surface area contributed by atoms with Gasteiger partial charge < -0.3 is 25.4 Å². The minimum atomic E-state index is -1.85. The van der Waals surface area contributed by atoms with E-state index in [1.165, 1.54) is 56.5 Å². The molecule has 2 aromatic carbocycles. The van der Waals surface area contributed by atoms with Gasteiger partial charge in [0.25, 0.3) is 11.6 Å². The molecule has 3 N–H and O–H groups in total. The maximum absolute atomic E-state index is 14.9. The van der Waals surface area contributed by atoms with Crippen LogP contribution in [0.2, 0.25) is 0 Å². The molecule has 44 heavy (non-hydrogen) atoms. The van der Waals surface area contributed by atoms with Crippen molar-refractivity contribution in [3.8, 4) is 16.3 Å². The molecule has 0 aliphatic rings. The molecular formula is C29H28F2N6O6S. The van der Waals surface area contributed by atoms with Crippen LogP contribution in [0.4, 0.5) is 25.1 Å². The zero-order chi connectivity index (χ0) is 32.2. The summed E-state index contributed by atoms with van der Waals surface area (Å²) in [6.07, 6.45) is -1.75. The van der Waals surface area contributed by atoms with E-state index in [0.717, 1.165) is 23.5 Å². The zero-order valence-electron chi connectivity index (χ0n) is 24.1. The fourth-order valence-corrected chi connectivity index (χ4v) is 6.01. The number of non-ortho nitro benzene ring substituents is 1. The summed E-state index contributed by atoms with van der Waals surface area (Å²) in [5, 5.41) is 21.8. The molecule has 0 saturated carbocycles. The second-order valence-corrected chi connectivity index (χ2v) is 11.1. The molecule has 15 heteroatoms. The Balaban J connectivity index is 1.98. The summed E-state index contributed by atoms with van der Waals surface area (Å²) in [4.78, 5) is 39.5. The van der Waals surface area contributed by atoms with Gasteiger partial charge in [-0.1, -0.05) is 6.07 Å². The van der Waals surface area contributed by atoms with Crippen LogP contribution < -0.4 is 15.8 Å². The van der Waals surface area contributed by atoms with Gasteiger partial charge in [0.1, 0.15) is 11.6 Å². The molecule has 0 aliphatic heterocycles. The fourth-order valence-electron chi connectivity index (χ4n) is 4.61. The van der Waals surface area contributed by atoms with E-state index in [4.69, 9.17) is 15.2 Å². The highest BCUT2D eigenvalue weighted by Gasteiger charge is 2.41. The molecule has 230 valence electrons. The summed E-state index contributed by atoms with van der Waals surface area (Å²) in [5.41, 5.74) is 4.08. The number of thiophene rings is 1. The third-order valence-corrected chi connectivity index (χ3v) is 8.05. The maximum Gasteiger partial charge on any atom is 0.405 e. The van der Waals surface area contributed by atoms with Crippen molar-refractivity contribution in [1.82, 2.24) is 15.1 Å². The topological polar surface area (TPSA) is 163 Å². The SMILES string of the molecule is COc1ccc(NC(=O)c2c(C(C)(Cc3c(F)cccc3F)OC(N)=O)sc(-c3ccc([N+](=O)[O-])cc3)c2CN(C)C)nn1. The molecule has 2 aromatic heterocycles. The van der Waals surface area contributed by atoms with Crippen LogP contribution in [0.1, 0.15) is 33.3 Å². The Morgan fingerprint density at radius 1 is 1.07 bits per heavy atom. The number of hydrogen-bond donors (Lipinski definition) is 2. The van der Waals surface area contributed by atoms with E-state index in [2.05, 4.69) is 15.5 Å². The number of nitrogens with two attached hydrogens (primary N) is 1. The number of benzene rings is 2. The average molecular weight is 627 g/mol. The Bertz CT molecular complexity index is 1680. The van der Waals surface area contributed by atoms with Crippen molar-refractivity contribution in [3.05, 3.63) is 97.9 Å². The zero-order valence-corrected chi connectivity index (χ0v) is 24.9. The first-order chi connectivity index (χ1) is 20.8. The summed E-state index contributed by atoms with van der Waals surface area (Å²) in [6.45, 7) is 1.58. The highest BCUT2D eigenvalue weighted by Crippen LogP contribution is 2.46. The van der Waals surface area contributed by atoms with Crippen molar-refractivity contribution in [2.45, 2.75) is 25.5 Å². The van der Waals surface area contributed by atoms with E-state index in [1.807, 2.05) is 0 Å². The standard InChI is InChI=1S/C29H28F2N6O6S/c1-29(43-28(32)39,14-18-20(30)6-5-7-21(18)31)26-24(27(38)33-22-12-13-23(42-4)35-34-22)19(15-36(2)3)25(44-26)16-8-10-17(11-9-16)37(40)41/h5-13H,14-15H2,1-4H3,(H2,32,39)(H,33,34,38). The van der Waals surface area contributed by atoms with E-state index in [-0.39, 0.29) is 39.9 Å². The van der Waals surface area contributed by atoms with Crippen molar-refractivity contribution >= 4 is 34.8 Å². The van der Waals surface area contributed by atoms with Crippen molar-refractivity contribution < 1.29 is 32.8 Å². The third kappa shape index (κ3) is 6.95. The Labute approximate surface area is 254 Å². The van der Waals surface area contributed by atoms with Gasteiger partial charge in [0.2, 0.25) is 5.88 Å². The van der Waals surface area contributed by atoms with Gasteiger partial charge in [0.15, 0.2) is 11.4 Å². The second-order valence-electron chi connectivity index (χ2n) is 10.1. The highest BCUT2D eigenvalue weighted by molar-refractivity contribution is 7.16. The lowest BCUT2D eigenvalue weighted by molar-refractivity contribution is -0.384. The Morgan fingerprint density at radius 3 is 2.25 bits per heavy atom. The van der Waals surface area contributed by atoms with Gasteiger partial charge in [0, 0.05) is 41.6 Å². The van der Waals surface area contributed by atoms with Crippen LogP contribution in [0.15, 0.2) is 54.6 Å². The molecule has 2 heterocycles. The van der Waals surface area contributed by atoms with E-state index >= 15 is 0 Å². The molecule has 0 fully saturated rings. The minimum absolute atomic E-state index is 0.0372. The van der Waals surface area contributed by atoms with E-state index in [0.29, 0.717) is 16.0 Å². The Hall–Kier alpha value is -5.02. The quantitative estimate of drug-likeness (QED) is 0.167. The molecule has 0 saturated heterocycles. The summed E-state index contributed by atoms with van der Waals surface area (Å²) >= 11 is 1.03. The molecule has 12 nitrogen and oxygen atoms in total. The molecule has 1 unspecified atom stereocenters. The highest BCUT2D eigenvalue weighted by atomic mass is 32.1. The number of halogens is 2. The fraction of sp³-hybridized carbons (Fsp3) is 0.241. The smallest absolute Gasteiger partial charge is 0.405 e. The van der Waals surface area contributed by atoms with Gasteiger partial charge in [-0.25, -0.2) is 13.6 Å². The number of primary amides is 1. The summed E-state index contributed by atoms with van der Waals surface area (Å²) < 4.78 is 40.4. The van der Waals surface area contributed by atoms with E-state index in [1.54, 1.807) is 19.0 Å². The second kappa shape index (κ2) is 13.1. The van der Waals surface area contributed by atoms with Crippen molar-refractivity contribution in [1.29, 1.82) is 0 Å². The number of hydrogen-bond acceptors (Lipinski definition) is 10. The summed E-state index contributed by atoms with van der Waals surface area (Å²) in [7, 11) is 4.94. The lowest BCUT2D eigenvalue weighted by atomic mass is 9.89. The predicted octanol–water partition coefficient (Wildman–Crippen LogP) is 5.27. The number of nitrogens with one attached hydrogen (secondary N) is 1. The van der Waals surface area contributed by atoms with Crippen LogP contribution in [-0.4, -0.2) is 53.2 Å². The number of nitro benzene ring substituents is 1. The van der Waals surface area contributed by atoms with Gasteiger partial charge in [-0.3, -0.25) is 14.9 Å². The molecule has 4 aromatic rings. The number of carbonyl (C=O) groups excluding carboxylic acids is 2. The summed E-state index contributed by atoms with van der Waals surface area (Å²) in [6, 6.07) is 11.9. The van der Waals surface area contributed by atoms with E-state index < -0.39 is 40.6 Å². The number of anilines is 1. The molecular weight excluding hydrogens is 598 g/mol. The Kier molecular flexibility index (Phi) is 9.50. The lowest BCUT2D eigenvalue weighted by Gasteiger charge is -2.29. The van der Waals surface area contributed by atoms with Gasteiger partial charge in [-0.15, -0.1) is 21.5 Å². The number of carbonyl (C=O) groups is 2. The van der Waals surface area contributed by atoms with Crippen LogP contribution >= 0.6 is 11.3 Å². The van der Waals surface area contributed by atoms with Gasteiger partial charge >= 0.3 is 6.09 Å². The minimum Gasteiger partial charge on any atom is -0.480 e. The van der Waals surface area contributed by atoms with Crippen LogP contribution in [0.5, 0.6) is 5.88 Å². The molecule has 2 amide bonds. The number of ether oxygens (including phenoxy) is 2. The summed E-state index contributed by atoms with van der Waals surface area (Å²) in [5.74, 6) is -2.18. The first-order valence-corrected chi connectivity index (χ1v) is 13.8. The third-order valence-electron chi connectivity index (χ3n) is 6.52. The molecule has 0 aliphatic carbocycles. The molecule has 0 radical (unpaired) electrons. The number of nitrogens with zero attached hydrogens (tertiary/aromatic N) is 4. The first kappa shape index (κ1) is 31.9. The molecule has 1 atom stereocenters. The Morgan fingerprint density at radius 2 is 1.73 bits per heavy atom. The van der Waals surface area contributed by atoms with Crippen LogP contribution in [0.3, 0.4) is 0 Å². The van der Waals surface area contributed by atoms with Gasteiger partial charge in [-0.05, 0) is 62.5 Å². The normalized spacial score (nSPS) is 12.4. The lowest BCUT2D eigenvalue weighted by Crippen LogP contribution is -2.36. The maximum atomic E-state index is 14.9. The first-order valence-electron chi connectivity index (χ1n) is 13.0. The number of rotatable bonds is 11. The van der Waals surface area contributed by atoms with Crippen LogP contribution in [-0.2, 0) is 23.3 Å². The van der Waals surface area contributed by atoms with Crippen LogP contribution in [0, 0.1) is 21.7 Å². The van der Waals surface area contributed by atoms with Crippen molar-refractivity contribution in [2.24, 2.45) is 5.73 Å². The predicted molar refractivity (Wildman–Crippen MR) is 158 cm³/mol. The van der Waals surface area contributed by atoms with Gasteiger partial charge in [0.05, 0.1) is 22.5 Å². The van der Waals surface area contributed by atoms with Crippen molar-refractivity contribution in [3.63, 3.8) is 0 Å². The number of methoxy groups -OCH3 is 1. The van der Waals surface area contributed by atoms with Crippen LogP contribution in [0.25, 0.3) is 10.4 Å². The number of nitro groups is 1. The largest absolute Gasteiger partial charge is 0.480 e.